The summed E-state index contributed by atoms with van der Waals surface area (Å²) in [7, 11) is 1.37. The molecular weight excluding hydrogens is 362 g/mol. The van der Waals surface area contributed by atoms with Crippen LogP contribution in [0.3, 0.4) is 0 Å². The van der Waals surface area contributed by atoms with E-state index >= 15 is 0 Å². The van der Waals surface area contributed by atoms with Gasteiger partial charge in [-0.05, 0) is 47.9 Å². The molecule has 0 N–H and O–H groups in total. The molecule has 0 aromatic heterocycles. The molecule has 0 bridgehead atoms. The molecule has 0 aliphatic rings. The molecule has 138 valence electrons. The fourth-order valence-electron chi connectivity index (χ4n) is 2.30. The minimum atomic E-state index is -0.528. The number of ketones is 1. The van der Waals surface area contributed by atoms with Gasteiger partial charge in [0.05, 0.1) is 18.5 Å². The summed E-state index contributed by atoms with van der Waals surface area (Å²) in [6, 6.07) is 9.01. The Morgan fingerprint density at radius 2 is 2.00 bits per heavy atom. The van der Waals surface area contributed by atoms with Crippen molar-refractivity contribution in [2.45, 2.75) is 19.8 Å². The van der Waals surface area contributed by atoms with Gasteiger partial charge < -0.3 is 9.47 Å². The average molecular weight is 381 g/mol. The maximum absolute atomic E-state index is 13.7. The summed E-state index contributed by atoms with van der Waals surface area (Å²) in [4.78, 5) is 12.4. The second-order valence-electron chi connectivity index (χ2n) is 5.62. The lowest BCUT2D eigenvalue weighted by Gasteiger charge is -2.10. The molecule has 0 saturated carbocycles. The van der Waals surface area contributed by atoms with Crippen molar-refractivity contribution in [1.29, 1.82) is 0 Å². The average Bonchev–Trinajstić information content (AvgIpc) is 2.62. The van der Waals surface area contributed by atoms with Crippen LogP contribution in [0, 0.1) is 5.82 Å². The molecule has 0 fully saturated rings. The van der Waals surface area contributed by atoms with E-state index < -0.39 is 5.82 Å². The Bertz CT molecular complexity index is 819. The van der Waals surface area contributed by atoms with Gasteiger partial charge >= 0.3 is 0 Å². The highest BCUT2D eigenvalue weighted by atomic mass is 35.5. The minimum Gasteiger partial charge on any atom is -0.494 e. The van der Waals surface area contributed by atoms with E-state index in [-0.39, 0.29) is 29.6 Å². The molecule has 2 aromatic carbocycles. The molecule has 0 atom stereocenters. The first-order chi connectivity index (χ1) is 12.5. The number of carbonyl (C=O) groups is 1. The fourth-order valence-corrected chi connectivity index (χ4v) is 2.57. The van der Waals surface area contributed by atoms with Gasteiger partial charge in [-0.2, -0.15) is 0 Å². The SMILES string of the molecule is CCC(=CF)COc1ccc(C(=O)Cc2ccc(OC)c(F)c2)c(Cl)c1. The first-order valence-corrected chi connectivity index (χ1v) is 8.42. The topological polar surface area (TPSA) is 35.5 Å². The lowest BCUT2D eigenvalue weighted by atomic mass is 10.0. The van der Waals surface area contributed by atoms with Crippen LogP contribution >= 0.6 is 11.6 Å². The predicted molar refractivity (Wildman–Crippen MR) is 97.4 cm³/mol. The summed E-state index contributed by atoms with van der Waals surface area (Å²) in [5.74, 6) is -0.214. The van der Waals surface area contributed by atoms with E-state index in [1.165, 1.54) is 25.3 Å². The van der Waals surface area contributed by atoms with Crippen LogP contribution in [0.1, 0.15) is 29.3 Å². The first kappa shape index (κ1) is 19.9. The third-order valence-corrected chi connectivity index (χ3v) is 4.17. The molecule has 3 nitrogen and oxygen atoms in total. The van der Waals surface area contributed by atoms with Crippen molar-refractivity contribution in [3.63, 3.8) is 0 Å². The Morgan fingerprint density at radius 1 is 1.23 bits per heavy atom. The summed E-state index contributed by atoms with van der Waals surface area (Å²) >= 11 is 6.17. The van der Waals surface area contributed by atoms with Crippen molar-refractivity contribution >= 4 is 17.4 Å². The van der Waals surface area contributed by atoms with E-state index in [0.29, 0.717) is 35.2 Å². The largest absolute Gasteiger partial charge is 0.494 e. The number of hydrogen-bond acceptors (Lipinski definition) is 3. The Kier molecular flexibility index (Phi) is 7.16. The lowest BCUT2D eigenvalue weighted by Crippen LogP contribution is -2.06. The van der Waals surface area contributed by atoms with Crippen LogP contribution in [0.4, 0.5) is 8.78 Å². The highest BCUT2D eigenvalue weighted by molar-refractivity contribution is 6.34. The van der Waals surface area contributed by atoms with E-state index in [0.717, 1.165) is 0 Å². The van der Waals surface area contributed by atoms with Crippen molar-refractivity contribution in [2.75, 3.05) is 13.7 Å². The number of Topliss-reactive ketones (excluding diaryl/α,β-unsaturated/α-hetero) is 1. The molecule has 6 heteroatoms. The van der Waals surface area contributed by atoms with Crippen molar-refractivity contribution in [3.05, 3.63) is 70.3 Å². The summed E-state index contributed by atoms with van der Waals surface area (Å²) in [5, 5.41) is 0.226. The van der Waals surface area contributed by atoms with Crippen LogP contribution in [0.5, 0.6) is 11.5 Å². The summed E-state index contributed by atoms with van der Waals surface area (Å²) in [5.41, 5.74) is 1.35. The summed E-state index contributed by atoms with van der Waals surface area (Å²) < 4.78 is 36.6. The summed E-state index contributed by atoms with van der Waals surface area (Å²) in [6.07, 6.45) is 1.07. The minimum absolute atomic E-state index is 0.00537. The van der Waals surface area contributed by atoms with Gasteiger partial charge in [0.2, 0.25) is 0 Å². The van der Waals surface area contributed by atoms with Crippen LogP contribution in [0.15, 0.2) is 48.3 Å². The zero-order valence-electron chi connectivity index (χ0n) is 14.5. The highest BCUT2D eigenvalue weighted by Gasteiger charge is 2.14. The quantitative estimate of drug-likeness (QED) is 0.563. The van der Waals surface area contributed by atoms with Gasteiger partial charge in [-0.25, -0.2) is 8.78 Å². The molecule has 0 amide bonds. The van der Waals surface area contributed by atoms with E-state index in [2.05, 4.69) is 0 Å². The monoisotopic (exact) mass is 380 g/mol. The lowest BCUT2D eigenvalue weighted by molar-refractivity contribution is 0.0993. The van der Waals surface area contributed by atoms with Crippen molar-refractivity contribution in [3.8, 4) is 11.5 Å². The molecule has 0 spiro atoms. The number of ether oxygens (including phenoxy) is 2. The normalized spacial score (nSPS) is 11.3. The molecule has 0 saturated heterocycles. The third kappa shape index (κ3) is 5.05. The number of halogens is 3. The highest BCUT2D eigenvalue weighted by Crippen LogP contribution is 2.25. The molecule has 0 heterocycles. The van der Waals surface area contributed by atoms with Gasteiger partial charge in [0.1, 0.15) is 12.4 Å². The zero-order valence-corrected chi connectivity index (χ0v) is 15.3. The summed E-state index contributed by atoms with van der Waals surface area (Å²) in [6.45, 7) is 1.94. The molecule has 2 aromatic rings. The Morgan fingerprint density at radius 3 is 2.58 bits per heavy atom. The molecule has 0 unspecified atom stereocenters. The van der Waals surface area contributed by atoms with Gasteiger partial charge in [-0.3, -0.25) is 4.79 Å². The second-order valence-corrected chi connectivity index (χ2v) is 6.03. The van der Waals surface area contributed by atoms with E-state index in [1.54, 1.807) is 18.2 Å². The molecule has 0 aliphatic heterocycles. The number of benzene rings is 2. The van der Waals surface area contributed by atoms with Crippen molar-refractivity contribution < 1.29 is 23.0 Å². The fraction of sp³-hybridized carbons (Fsp3) is 0.250. The van der Waals surface area contributed by atoms with Crippen LogP contribution in [-0.2, 0) is 6.42 Å². The number of carbonyl (C=O) groups excluding carboxylic acids is 1. The van der Waals surface area contributed by atoms with Crippen molar-refractivity contribution in [2.24, 2.45) is 0 Å². The van der Waals surface area contributed by atoms with E-state index in [9.17, 15) is 13.6 Å². The predicted octanol–water partition coefficient (Wildman–Crippen LogP) is 5.56. The Labute approximate surface area is 156 Å². The maximum atomic E-state index is 13.7. The number of hydrogen-bond donors (Lipinski definition) is 0. The standard InChI is InChI=1S/C20H19ClF2O3/c1-3-13(11-22)12-26-15-5-6-16(17(21)10-15)19(24)9-14-4-7-20(25-2)18(23)8-14/h4-8,10-11H,3,9,12H2,1-2H3. The Hall–Kier alpha value is -2.40. The number of methoxy groups -OCH3 is 1. The third-order valence-electron chi connectivity index (χ3n) is 3.85. The second kappa shape index (κ2) is 9.34. The molecular formula is C20H19ClF2O3. The van der Waals surface area contributed by atoms with Gasteiger partial charge in [0.25, 0.3) is 0 Å². The Balaban J connectivity index is 2.08. The van der Waals surface area contributed by atoms with Crippen LogP contribution in [0.25, 0.3) is 0 Å². The smallest absolute Gasteiger partial charge is 0.168 e. The van der Waals surface area contributed by atoms with E-state index in [4.69, 9.17) is 21.1 Å². The molecule has 26 heavy (non-hydrogen) atoms. The zero-order chi connectivity index (χ0) is 19.1. The molecule has 0 radical (unpaired) electrons. The first-order valence-electron chi connectivity index (χ1n) is 8.04. The van der Waals surface area contributed by atoms with E-state index in [1.807, 2.05) is 6.92 Å². The molecule has 2 rings (SSSR count). The molecule has 0 aliphatic carbocycles. The van der Waals surface area contributed by atoms with Gasteiger partial charge in [-0.15, -0.1) is 0 Å². The van der Waals surface area contributed by atoms with Gasteiger partial charge in [-0.1, -0.05) is 24.6 Å². The number of rotatable bonds is 8. The van der Waals surface area contributed by atoms with Crippen LogP contribution in [0.2, 0.25) is 5.02 Å². The van der Waals surface area contributed by atoms with Gasteiger partial charge in [0.15, 0.2) is 17.3 Å². The van der Waals surface area contributed by atoms with Crippen molar-refractivity contribution in [1.82, 2.24) is 0 Å². The van der Waals surface area contributed by atoms with Crippen LogP contribution in [-0.4, -0.2) is 19.5 Å². The van der Waals surface area contributed by atoms with Gasteiger partial charge in [0, 0.05) is 12.0 Å². The maximum Gasteiger partial charge on any atom is 0.168 e. The van der Waals surface area contributed by atoms with Crippen LogP contribution < -0.4 is 9.47 Å².